The number of benzene rings is 1. The summed E-state index contributed by atoms with van der Waals surface area (Å²) in [7, 11) is 0. The highest BCUT2D eigenvalue weighted by Crippen LogP contribution is 2.14. The number of aliphatic imine (C=N–C) groups is 1. The van der Waals surface area contributed by atoms with Crippen LogP contribution in [0.1, 0.15) is 92.1 Å². The monoisotopic (exact) mass is 1020 g/mol. The maximum absolute atomic E-state index is 14.3. The second-order valence-electron chi connectivity index (χ2n) is 18.0. The van der Waals surface area contributed by atoms with Crippen LogP contribution in [0.5, 0.6) is 5.75 Å². The van der Waals surface area contributed by atoms with Gasteiger partial charge < -0.3 is 86.5 Å². The summed E-state index contributed by atoms with van der Waals surface area (Å²) < 4.78 is 0. The van der Waals surface area contributed by atoms with E-state index in [1.54, 1.807) is 27.7 Å². The van der Waals surface area contributed by atoms with Crippen molar-refractivity contribution in [2.45, 2.75) is 147 Å². The number of nitrogens with two attached hydrogens (primary N) is 5. The number of amides is 10. The molecule has 27 nitrogen and oxygen atoms in total. The van der Waals surface area contributed by atoms with E-state index in [-0.39, 0.29) is 56.3 Å². The molecule has 1 aromatic carbocycles. The molecule has 0 spiro atoms. The second kappa shape index (κ2) is 32.0. The van der Waals surface area contributed by atoms with E-state index in [0.717, 1.165) is 6.92 Å². The summed E-state index contributed by atoms with van der Waals surface area (Å²) in [5.41, 5.74) is 27.8. The van der Waals surface area contributed by atoms with Gasteiger partial charge in [-0.2, -0.15) is 0 Å². The second-order valence-corrected chi connectivity index (χ2v) is 18.0. The minimum atomic E-state index is -1.80. The molecule has 404 valence electrons. The van der Waals surface area contributed by atoms with E-state index in [1.807, 2.05) is 0 Å². The summed E-state index contributed by atoms with van der Waals surface area (Å²) in [5, 5.41) is 49.9. The van der Waals surface area contributed by atoms with Gasteiger partial charge in [0.2, 0.25) is 59.1 Å². The van der Waals surface area contributed by atoms with E-state index in [1.165, 1.54) is 31.2 Å². The molecule has 21 N–H and O–H groups in total. The molecule has 0 saturated heterocycles. The molecule has 1 aromatic rings. The molecule has 0 aliphatic heterocycles. The maximum atomic E-state index is 14.3. The van der Waals surface area contributed by atoms with Crippen LogP contribution >= 0.6 is 0 Å². The molecule has 0 aliphatic carbocycles. The van der Waals surface area contributed by atoms with Gasteiger partial charge >= 0.3 is 0 Å². The summed E-state index contributed by atoms with van der Waals surface area (Å²) in [6.07, 6.45) is -1.60. The van der Waals surface area contributed by atoms with Crippen LogP contribution in [0.15, 0.2) is 29.3 Å². The normalized spacial score (nSPS) is 14.8. The van der Waals surface area contributed by atoms with Gasteiger partial charge in [0.15, 0.2) is 5.96 Å². The van der Waals surface area contributed by atoms with Crippen LogP contribution in [0.25, 0.3) is 0 Å². The minimum Gasteiger partial charge on any atom is -0.508 e. The number of guanidine groups is 1. The van der Waals surface area contributed by atoms with E-state index in [9.17, 15) is 63.3 Å². The van der Waals surface area contributed by atoms with Crippen LogP contribution < -0.4 is 71.2 Å². The van der Waals surface area contributed by atoms with Crippen molar-refractivity contribution in [3.63, 3.8) is 0 Å². The summed E-state index contributed by atoms with van der Waals surface area (Å²) in [4.78, 5) is 136. The van der Waals surface area contributed by atoms with Crippen molar-refractivity contribution in [2.24, 2.45) is 45.5 Å². The van der Waals surface area contributed by atoms with Crippen LogP contribution in [0, 0.1) is 11.8 Å². The van der Waals surface area contributed by atoms with Gasteiger partial charge in [-0.15, -0.1) is 0 Å². The van der Waals surface area contributed by atoms with Crippen LogP contribution in [0.4, 0.5) is 0 Å². The van der Waals surface area contributed by atoms with E-state index >= 15 is 0 Å². The number of hydrogen-bond acceptors (Lipinski definition) is 15. The van der Waals surface area contributed by atoms with E-state index < -0.39 is 132 Å². The lowest BCUT2D eigenvalue weighted by atomic mass is 10.0. The van der Waals surface area contributed by atoms with E-state index in [0.29, 0.717) is 24.9 Å². The molecule has 0 aromatic heterocycles. The van der Waals surface area contributed by atoms with Crippen molar-refractivity contribution in [1.29, 1.82) is 0 Å². The SMILES string of the molecule is CC(=O)N[C@@H](CCCCN)C(=O)N[C@@H](CCCN=C(N)N)C(=O)N[C@@H](Cc1ccc(O)cc1)C(=O)N[C@@H](CC(N)=O)C(=O)N[C@@H](CC(C)C)C(=O)N[C@H](C(=O)N[C@@H](CO)C(=O)N[C@H](C(N)=O)C(C)C)[C@@H](C)O. The third-order valence-corrected chi connectivity index (χ3v) is 10.8. The van der Waals surface area contributed by atoms with Gasteiger partial charge in [-0.25, -0.2) is 0 Å². The number of primary amides is 2. The Morgan fingerprint density at radius 2 is 1.06 bits per heavy atom. The molecule has 0 aliphatic rings. The number of aliphatic hydroxyl groups is 2. The molecule has 0 radical (unpaired) electrons. The predicted molar refractivity (Wildman–Crippen MR) is 262 cm³/mol. The van der Waals surface area contributed by atoms with Crippen molar-refractivity contribution < 1.29 is 63.3 Å². The van der Waals surface area contributed by atoms with Crippen molar-refractivity contribution in [3.8, 4) is 5.75 Å². The minimum absolute atomic E-state index is 0.0408. The summed E-state index contributed by atoms with van der Waals surface area (Å²) in [5.74, 6) is -10.6. The quantitative estimate of drug-likeness (QED) is 0.0177. The molecular formula is C45H76N14O13. The zero-order chi connectivity index (χ0) is 54.8. The van der Waals surface area contributed by atoms with Crippen LogP contribution in [-0.2, 0) is 54.4 Å². The first-order valence-corrected chi connectivity index (χ1v) is 23.5. The zero-order valence-corrected chi connectivity index (χ0v) is 41.7. The molecular weight excluding hydrogens is 945 g/mol. The first kappa shape index (κ1) is 62.9. The first-order chi connectivity index (χ1) is 33.7. The average Bonchev–Trinajstić information content (AvgIpc) is 3.28. The number of hydrogen-bond donors (Lipinski definition) is 16. The topological polar surface area (TPSA) is 470 Å². The molecule has 1 rings (SSSR count). The fourth-order valence-corrected chi connectivity index (χ4v) is 6.99. The molecule has 0 fully saturated rings. The lowest BCUT2D eigenvalue weighted by Gasteiger charge is -2.29. The number of phenolic OH excluding ortho intramolecular Hbond substituents is 1. The largest absolute Gasteiger partial charge is 0.508 e. The number of aliphatic hydroxyl groups excluding tert-OH is 2. The molecule has 10 amide bonds. The first-order valence-electron chi connectivity index (χ1n) is 23.5. The fraction of sp³-hybridized carbons (Fsp3) is 0.622. The Bertz CT molecular complexity index is 2030. The Labute approximate surface area is 418 Å². The van der Waals surface area contributed by atoms with Crippen molar-refractivity contribution in [1.82, 2.24) is 42.5 Å². The number of aromatic hydroxyl groups is 1. The van der Waals surface area contributed by atoms with Gasteiger partial charge in [0.05, 0.1) is 19.1 Å². The molecule has 0 heterocycles. The van der Waals surface area contributed by atoms with Gasteiger partial charge in [-0.1, -0.05) is 39.8 Å². The molecule has 9 atom stereocenters. The van der Waals surface area contributed by atoms with Crippen LogP contribution in [-0.4, -0.2) is 154 Å². The molecule has 0 saturated carbocycles. The summed E-state index contributed by atoms with van der Waals surface area (Å²) in [6, 6.07) is -6.37. The molecule has 27 heteroatoms. The Hall–Kier alpha value is -7.13. The fourth-order valence-electron chi connectivity index (χ4n) is 6.99. The van der Waals surface area contributed by atoms with E-state index in [2.05, 4.69) is 47.5 Å². The highest BCUT2D eigenvalue weighted by molar-refractivity contribution is 5.99. The maximum Gasteiger partial charge on any atom is 0.245 e. The van der Waals surface area contributed by atoms with Crippen molar-refractivity contribution in [2.75, 3.05) is 19.7 Å². The Morgan fingerprint density at radius 3 is 1.56 bits per heavy atom. The highest BCUT2D eigenvalue weighted by Gasteiger charge is 2.36. The van der Waals surface area contributed by atoms with Crippen LogP contribution in [0.2, 0.25) is 0 Å². The molecule has 0 unspecified atom stereocenters. The van der Waals surface area contributed by atoms with E-state index in [4.69, 9.17) is 28.7 Å². The van der Waals surface area contributed by atoms with Gasteiger partial charge in [0, 0.05) is 19.9 Å². The predicted octanol–water partition coefficient (Wildman–Crippen LogP) is -5.55. The number of nitrogens with zero attached hydrogens (tertiary/aromatic N) is 1. The number of phenols is 1. The smallest absolute Gasteiger partial charge is 0.245 e. The number of nitrogens with one attached hydrogen (secondary N) is 8. The average molecular weight is 1020 g/mol. The third-order valence-electron chi connectivity index (χ3n) is 10.8. The lowest BCUT2D eigenvalue weighted by Crippen LogP contribution is -2.62. The highest BCUT2D eigenvalue weighted by atomic mass is 16.3. The van der Waals surface area contributed by atoms with Gasteiger partial charge in [0.25, 0.3) is 0 Å². The Kier molecular flexibility index (Phi) is 27.9. The Balaban J connectivity index is 3.57. The number of carbonyl (C=O) groups excluding carboxylic acids is 10. The van der Waals surface area contributed by atoms with Crippen LogP contribution in [0.3, 0.4) is 0 Å². The van der Waals surface area contributed by atoms with Gasteiger partial charge in [-0.3, -0.25) is 52.9 Å². The molecule has 0 bridgehead atoms. The van der Waals surface area contributed by atoms with Gasteiger partial charge in [0.1, 0.15) is 54.1 Å². The number of rotatable bonds is 33. The standard InChI is InChI=1S/C45H76N14O13/c1-22(2)18-30(42(70)59-36(24(5)61)44(72)57-33(21-60)43(71)58-35(23(3)4)37(48)65)54-41(69)32(20-34(47)64)56-40(68)31(19-26-12-14-27(63)15-13-26)55-39(67)29(11-9-17-51-45(49)50)53-38(66)28(52-25(6)62)10-7-8-16-46/h12-15,22-24,28-33,35-36,60-61,63H,7-11,16-21,46H2,1-6H3,(H2,47,64)(H2,48,65)(H,52,62)(H,53,66)(H,54,69)(H,55,67)(H,56,68)(H,57,72)(H,58,71)(H,59,70)(H4,49,50,51)/t24-,28+,29+,30+,31+,32+,33+,35+,36+/m1/s1. The van der Waals surface area contributed by atoms with Crippen molar-refractivity contribution in [3.05, 3.63) is 29.8 Å². The Morgan fingerprint density at radius 1 is 0.583 bits per heavy atom. The number of unbranched alkanes of at least 4 members (excludes halogenated alkanes) is 1. The molecule has 72 heavy (non-hydrogen) atoms. The zero-order valence-electron chi connectivity index (χ0n) is 41.7. The summed E-state index contributed by atoms with van der Waals surface area (Å²) in [6.45, 7) is 8.31. The lowest BCUT2D eigenvalue weighted by molar-refractivity contribution is -0.138. The van der Waals surface area contributed by atoms with Crippen molar-refractivity contribution >= 4 is 65.0 Å². The summed E-state index contributed by atoms with van der Waals surface area (Å²) >= 11 is 0. The third kappa shape index (κ3) is 23.7. The number of carbonyl (C=O) groups is 10. The van der Waals surface area contributed by atoms with Gasteiger partial charge in [-0.05, 0) is 81.5 Å².